The van der Waals surface area contributed by atoms with Gasteiger partial charge < -0.3 is 14.0 Å². The highest BCUT2D eigenvalue weighted by Gasteiger charge is 2.44. The highest BCUT2D eigenvalue weighted by atomic mass is 16.4. The summed E-state index contributed by atoms with van der Waals surface area (Å²) in [5, 5.41) is 12.0. The van der Waals surface area contributed by atoms with Crippen LogP contribution in [0.25, 0.3) is 0 Å². The standard InChI is InChI=1S/C28H37N2O2/c1-30(2,20-12-15-23-13-6-3-7-14-23)22-26-21-29-27(32-26)28(31,24-16-8-4-9-17-24)25-18-10-5-11-19-25/h3-4,6-9,13-14,16-17,21,25,31H,5,10-12,15,18-20,22H2,1-2H3/q+1/t28-/m0/s1. The molecular weight excluding hydrogens is 396 g/mol. The van der Waals surface area contributed by atoms with Gasteiger partial charge in [-0.1, -0.05) is 79.9 Å². The van der Waals surface area contributed by atoms with Crippen molar-refractivity contribution in [1.29, 1.82) is 0 Å². The molecule has 1 saturated carbocycles. The van der Waals surface area contributed by atoms with Crippen LogP contribution in [0.1, 0.15) is 61.3 Å². The average molecular weight is 434 g/mol. The second-order valence-electron chi connectivity index (χ2n) is 10.0. The molecule has 4 rings (SSSR count). The van der Waals surface area contributed by atoms with Crippen LogP contribution in [0, 0.1) is 5.92 Å². The highest BCUT2D eigenvalue weighted by molar-refractivity contribution is 5.30. The predicted octanol–water partition coefficient (Wildman–Crippen LogP) is 5.70. The van der Waals surface area contributed by atoms with Crippen molar-refractivity contribution in [1.82, 2.24) is 4.98 Å². The van der Waals surface area contributed by atoms with Crippen molar-refractivity contribution < 1.29 is 14.0 Å². The van der Waals surface area contributed by atoms with E-state index < -0.39 is 5.60 Å². The SMILES string of the molecule is C[N+](C)(CCCc1ccccc1)Cc1cnc([C@](O)(c2ccccc2)C2CCCCC2)o1. The van der Waals surface area contributed by atoms with E-state index in [2.05, 4.69) is 49.4 Å². The molecule has 0 aliphatic heterocycles. The van der Waals surface area contributed by atoms with Crippen LogP contribution in [-0.2, 0) is 18.6 Å². The fourth-order valence-corrected chi connectivity index (χ4v) is 5.16. The van der Waals surface area contributed by atoms with Crippen LogP contribution in [0.3, 0.4) is 0 Å². The summed E-state index contributed by atoms with van der Waals surface area (Å²) in [6.07, 6.45) is 9.58. The molecule has 3 aromatic rings. The fourth-order valence-electron chi connectivity index (χ4n) is 5.16. The number of nitrogens with zero attached hydrogens (tertiary/aromatic N) is 2. The number of aliphatic hydroxyl groups is 1. The maximum absolute atomic E-state index is 12.0. The van der Waals surface area contributed by atoms with E-state index in [-0.39, 0.29) is 5.92 Å². The van der Waals surface area contributed by atoms with Gasteiger partial charge >= 0.3 is 0 Å². The van der Waals surface area contributed by atoms with Crippen molar-refractivity contribution in [2.45, 2.75) is 57.1 Å². The molecule has 32 heavy (non-hydrogen) atoms. The molecule has 0 saturated heterocycles. The molecule has 0 spiro atoms. The Morgan fingerprint density at radius 3 is 2.31 bits per heavy atom. The van der Waals surface area contributed by atoms with Crippen LogP contribution in [0.5, 0.6) is 0 Å². The van der Waals surface area contributed by atoms with Crippen molar-refractivity contribution in [3.05, 3.63) is 89.6 Å². The summed E-state index contributed by atoms with van der Waals surface area (Å²) < 4.78 is 7.11. The smallest absolute Gasteiger partial charge is 0.231 e. The van der Waals surface area contributed by atoms with Crippen molar-refractivity contribution in [2.75, 3.05) is 20.6 Å². The third kappa shape index (κ3) is 5.31. The number of quaternary nitrogens is 1. The van der Waals surface area contributed by atoms with Crippen molar-refractivity contribution in [3.63, 3.8) is 0 Å². The monoisotopic (exact) mass is 433 g/mol. The van der Waals surface area contributed by atoms with Gasteiger partial charge in [-0.2, -0.15) is 0 Å². The van der Waals surface area contributed by atoms with Crippen molar-refractivity contribution in [2.24, 2.45) is 5.92 Å². The Labute approximate surface area is 192 Å². The Balaban J connectivity index is 1.47. The van der Waals surface area contributed by atoms with Gasteiger partial charge in [0.25, 0.3) is 0 Å². The lowest BCUT2D eigenvalue weighted by Gasteiger charge is -2.36. The summed E-state index contributed by atoms with van der Waals surface area (Å²) >= 11 is 0. The number of hydrogen-bond acceptors (Lipinski definition) is 3. The summed E-state index contributed by atoms with van der Waals surface area (Å²) in [6.45, 7) is 1.81. The number of oxazole rings is 1. The number of hydrogen-bond donors (Lipinski definition) is 1. The molecule has 1 N–H and O–H groups in total. The van der Waals surface area contributed by atoms with Crippen molar-refractivity contribution in [3.8, 4) is 0 Å². The molecule has 1 aliphatic carbocycles. The van der Waals surface area contributed by atoms with Crippen molar-refractivity contribution >= 4 is 0 Å². The largest absolute Gasteiger partial charge is 0.436 e. The zero-order chi connectivity index (χ0) is 22.4. The van der Waals surface area contributed by atoms with Gasteiger partial charge in [0.05, 0.1) is 26.8 Å². The maximum Gasteiger partial charge on any atom is 0.231 e. The van der Waals surface area contributed by atoms with E-state index in [1.807, 2.05) is 36.5 Å². The normalized spacial score (nSPS) is 17.2. The average Bonchev–Trinajstić information content (AvgIpc) is 3.28. The molecule has 1 atom stereocenters. The quantitative estimate of drug-likeness (QED) is 0.440. The first-order chi connectivity index (χ1) is 15.5. The highest BCUT2D eigenvalue weighted by Crippen LogP contribution is 2.43. The molecule has 4 nitrogen and oxygen atoms in total. The van der Waals surface area contributed by atoms with Gasteiger partial charge in [-0.25, -0.2) is 4.98 Å². The lowest BCUT2D eigenvalue weighted by atomic mass is 9.73. The minimum Gasteiger partial charge on any atom is -0.436 e. The molecule has 2 aromatic carbocycles. The molecular formula is C28H37N2O2+. The van der Waals surface area contributed by atoms with Crippen LogP contribution in [0.4, 0.5) is 0 Å². The number of aromatic nitrogens is 1. The first-order valence-corrected chi connectivity index (χ1v) is 12.1. The summed E-state index contributed by atoms with van der Waals surface area (Å²) in [4.78, 5) is 4.63. The molecule has 0 unspecified atom stereocenters. The van der Waals surface area contributed by atoms with E-state index in [1.54, 1.807) is 0 Å². The second kappa shape index (κ2) is 10.0. The Bertz CT molecular complexity index is 961. The zero-order valence-electron chi connectivity index (χ0n) is 19.5. The number of benzene rings is 2. The predicted molar refractivity (Wildman–Crippen MR) is 128 cm³/mol. The van der Waals surface area contributed by atoms with Gasteiger partial charge in [-0.3, -0.25) is 0 Å². The Hall–Kier alpha value is -2.43. The van der Waals surface area contributed by atoms with Gasteiger partial charge in [0.2, 0.25) is 5.89 Å². The summed E-state index contributed by atoms with van der Waals surface area (Å²) in [6, 6.07) is 20.6. The third-order valence-corrected chi connectivity index (χ3v) is 6.95. The van der Waals surface area contributed by atoms with E-state index in [0.717, 1.165) is 67.4 Å². The van der Waals surface area contributed by atoms with Crippen LogP contribution < -0.4 is 0 Å². The number of rotatable bonds is 9. The molecule has 0 radical (unpaired) electrons. The van der Waals surface area contributed by atoms with E-state index in [9.17, 15) is 5.11 Å². The van der Waals surface area contributed by atoms with E-state index in [0.29, 0.717) is 5.89 Å². The van der Waals surface area contributed by atoms with Gasteiger partial charge in [0.1, 0.15) is 6.54 Å². The lowest BCUT2D eigenvalue weighted by Crippen LogP contribution is -2.39. The lowest BCUT2D eigenvalue weighted by molar-refractivity contribution is -0.904. The van der Waals surface area contributed by atoms with E-state index in [4.69, 9.17) is 4.42 Å². The fraction of sp³-hybridized carbons (Fsp3) is 0.464. The van der Waals surface area contributed by atoms with Gasteiger partial charge in [-0.05, 0) is 30.4 Å². The minimum atomic E-state index is -1.16. The summed E-state index contributed by atoms with van der Waals surface area (Å²) in [5.41, 5.74) is 1.11. The Morgan fingerprint density at radius 2 is 1.62 bits per heavy atom. The van der Waals surface area contributed by atoms with Crippen LogP contribution in [-0.4, -0.2) is 35.2 Å². The maximum atomic E-state index is 12.0. The summed E-state index contributed by atoms with van der Waals surface area (Å²) in [5.74, 6) is 1.43. The van der Waals surface area contributed by atoms with Gasteiger partial charge in [-0.15, -0.1) is 0 Å². The number of aryl methyl sites for hydroxylation is 1. The molecule has 1 aliphatic rings. The zero-order valence-corrected chi connectivity index (χ0v) is 19.5. The third-order valence-electron chi connectivity index (χ3n) is 6.95. The molecule has 0 bridgehead atoms. The first-order valence-electron chi connectivity index (χ1n) is 12.1. The second-order valence-corrected chi connectivity index (χ2v) is 10.0. The summed E-state index contributed by atoms with van der Waals surface area (Å²) in [7, 11) is 4.47. The molecule has 1 heterocycles. The van der Waals surface area contributed by atoms with E-state index in [1.165, 1.54) is 12.0 Å². The molecule has 170 valence electrons. The van der Waals surface area contributed by atoms with Crippen LogP contribution >= 0.6 is 0 Å². The van der Waals surface area contributed by atoms with Crippen LogP contribution in [0.15, 0.2) is 71.3 Å². The minimum absolute atomic E-state index is 0.138. The Morgan fingerprint density at radius 1 is 0.969 bits per heavy atom. The van der Waals surface area contributed by atoms with Gasteiger partial charge in [0.15, 0.2) is 11.4 Å². The van der Waals surface area contributed by atoms with Crippen LogP contribution in [0.2, 0.25) is 0 Å². The topological polar surface area (TPSA) is 46.3 Å². The molecule has 4 heteroatoms. The van der Waals surface area contributed by atoms with Gasteiger partial charge in [0, 0.05) is 12.3 Å². The molecule has 0 amide bonds. The first kappa shape index (κ1) is 22.8. The molecule has 1 fully saturated rings. The Kier molecular flexibility index (Phi) is 7.12. The molecule has 1 aromatic heterocycles. The van der Waals surface area contributed by atoms with E-state index >= 15 is 0 Å².